The van der Waals surface area contributed by atoms with Crippen LogP contribution >= 0.6 is 11.5 Å². The summed E-state index contributed by atoms with van der Waals surface area (Å²) in [7, 11) is 0. The first-order valence-corrected chi connectivity index (χ1v) is 6.06. The number of ether oxygens (including phenoxy) is 1. The van der Waals surface area contributed by atoms with Gasteiger partial charge in [0.25, 0.3) is 0 Å². The average Bonchev–Trinajstić information content (AvgIpc) is 2.71. The summed E-state index contributed by atoms with van der Waals surface area (Å²) in [6, 6.07) is 0. The molecule has 0 aromatic carbocycles. The summed E-state index contributed by atoms with van der Waals surface area (Å²) in [6.45, 7) is 2.39. The molecule has 2 rings (SSSR count). The van der Waals surface area contributed by atoms with Crippen LogP contribution in [0.15, 0.2) is 6.33 Å². The third-order valence-corrected chi connectivity index (χ3v) is 3.06. The summed E-state index contributed by atoms with van der Waals surface area (Å²) in [5.41, 5.74) is 0.879. The third kappa shape index (κ3) is 2.90. The van der Waals surface area contributed by atoms with Gasteiger partial charge in [-0.3, -0.25) is 0 Å². The highest BCUT2D eigenvalue weighted by Gasteiger charge is 2.09. The Morgan fingerprint density at radius 2 is 2.39 bits per heavy atom. The van der Waals surface area contributed by atoms with Gasteiger partial charge < -0.3 is 15.2 Å². The number of aliphatic carboxylic acids is 1. The van der Waals surface area contributed by atoms with Crippen molar-refractivity contribution >= 4 is 33.5 Å². The number of rotatable bonds is 6. The molecular formula is C10H12N4O3S. The number of hydrogen-bond donors (Lipinski definition) is 2. The zero-order valence-electron chi connectivity index (χ0n) is 9.71. The van der Waals surface area contributed by atoms with Crippen LogP contribution in [0.2, 0.25) is 0 Å². The van der Waals surface area contributed by atoms with Crippen LogP contribution in [0.25, 0.3) is 10.2 Å². The third-order valence-electron chi connectivity index (χ3n) is 2.21. The van der Waals surface area contributed by atoms with Gasteiger partial charge >= 0.3 is 5.97 Å². The lowest BCUT2D eigenvalue weighted by Gasteiger charge is -2.06. The number of carboxylic acid groups (broad SMARTS) is 1. The lowest BCUT2D eigenvalue weighted by atomic mass is 10.3. The molecular weight excluding hydrogens is 256 g/mol. The van der Waals surface area contributed by atoms with Crippen LogP contribution in [0.3, 0.4) is 0 Å². The Labute approximate surface area is 107 Å². The molecule has 0 aliphatic heterocycles. The Morgan fingerprint density at radius 3 is 3.17 bits per heavy atom. The number of fused-ring (bicyclic) bond motifs is 1. The van der Waals surface area contributed by atoms with Crippen LogP contribution in [0.4, 0.5) is 5.82 Å². The van der Waals surface area contributed by atoms with Gasteiger partial charge in [-0.1, -0.05) is 0 Å². The number of nitrogens with zero attached hydrogens (tertiary/aromatic N) is 3. The molecule has 2 aromatic rings. The summed E-state index contributed by atoms with van der Waals surface area (Å²) in [5.74, 6) is -0.275. The Bertz CT molecular complexity index is 557. The van der Waals surface area contributed by atoms with Gasteiger partial charge in [0.15, 0.2) is 0 Å². The van der Waals surface area contributed by atoms with E-state index in [0.29, 0.717) is 19.0 Å². The van der Waals surface area contributed by atoms with E-state index in [-0.39, 0.29) is 6.61 Å². The molecule has 2 aromatic heterocycles. The smallest absolute Gasteiger partial charge is 0.329 e. The van der Waals surface area contributed by atoms with Gasteiger partial charge in [0.05, 0.1) is 17.7 Å². The summed E-state index contributed by atoms with van der Waals surface area (Å²) in [6.07, 6.45) is 1.47. The Hall–Kier alpha value is -1.80. The normalized spacial score (nSPS) is 10.7. The van der Waals surface area contributed by atoms with Gasteiger partial charge in [-0.25, -0.2) is 14.8 Å². The van der Waals surface area contributed by atoms with E-state index in [9.17, 15) is 4.79 Å². The molecule has 0 atom stereocenters. The highest BCUT2D eigenvalue weighted by molar-refractivity contribution is 7.13. The summed E-state index contributed by atoms with van der Waals surface area (Å²) < 4.78 is 9.14. The van der Waals surface area contributed by atoms with E-state index in [1.54, 1.807) is 0 Å². The summed E-state index contributed by atoms with van der Waals surface area (Å²) >= 11 is 1.33. The van der Waals surface area contributed by atoms with E-state index in [1.165, 1.54) is 17.9 Å². The van der Waals surface area contributed by atoms with Crippen LogP contribution < -0.4 is 5.32 Å². The minimum absolute atomic E-state index is 0.292. The van der Waals surface area contributed by atoms with Crippen LogP contribution in [0.1, 0.15) is 5.69 Å². The molecule has 0 fully saturated rings. The van der Waals surface area contributed by atoms with Crippen molar-refractivity contribution in [2.75, 3.05) is 25.1 Å². The van der Waals surface area contributed by atoms with Gasteiger partial charge in [0.2, 0.25) is 0 Å². The Balaban J connectivity index is 1.95. The molecule has 8 heteroatoms. The van der Waals surface area contributed by atoms with Gasteiger partial charge in [-0.15, -0.1) is 0 Å². The van der Waals surface area contributed by atoms with Crippen molar-refractivity contribution in [2.45, 2.75) is 6.92 Å². The van der Waals surface area contributed by atoms with Gasteiger partial charge in [-0.2, -0.15) is 4.37 Å². The van der Waals surface area contributed by atoms with Crippen molar-refractivity contribution in [3.8, 4) is 0 Å². The van der Waals surface area contributed by atoms with Crippen LogP contribution in [0.5, 0.6) is 0 Å². The van der Waals surface area contributed by atoms with Crippen molar-refractivity contribution in [3.05, 3.63) is 12.0 Å². The van der Waals surface area contributed by atoms with Crippen LogP contribution in [-0.2, 0) is 9.53 Å². The lowest BCUT2D eigenvalue weighted by Crippen LogP contribution is -2.14. The molecule has 0 saturated heterocycles. The fraction of sp³-hybridized carbons (Fsp3) is 0.400. The zero-order valence-corrected chi connectivity index (χ0v) is 10.5. The predicted octanol–water partition coefficient (Wildman–Crippen LogP) is 0.908. The second kappa shape index (κ2) is 5.69. The quantitative estimate of drug-likeness (QED) is 0.751. The molecule has 18 heavy (non-hydrogen) atoms. The summed E-state index contributed by atoms with van der Waals surface area (Å²) in [5, 5.41) is 12.4. The van der Waals surface area contributed by atoms with E-state index in [2.05, 4.69) is 19.7 Å². The monoisotopic (exact) mass is 268 g/mol. The van der Waals surface area contributed by atoms with Crippen LogP contribution in [-0.4, -0.2) is 45.2 Å². The molecule has 0 aliphatic carbocycles. The van der Waals surface area contributed by atoms with E-state index in [0.717, 1.165) is 15.9 Å². The van der Waals surface area contributed by atoms with Crippen LogP contribution in [0, 0.1) is 6.92 Å². The number of anilines is 1. The molecule has 96 valence electrons. The number of nitrogens with one attached hydrogen (secondary N) is 1. The molecule has 0 spiro atoms. The molecule has 0 amide bonds. The maximum Gasteiger partial charge on any atom is 0.329 e. The molecule has 0 bridgehead atoms. The predicted molar refractivity (Wildman–Crippen MR) is 66.9 cm³/mol. The van der Waals surface area contributed by atoms with Crippen molar-refractivity contribution in [2.24, 2.45) is 0 Å². The first-order chi connectivity index (χ1) is 8.68. The highest BCUT2D eigenvalue weighted by atomic mass is 32.1. The minimum atomic E-state index is -0.975. The SMILES string of the molecule is Cc1nsc2ncnc(NCCOCC(=O)O)c12. The number of carboxylic acids is 1. The molecule has 0 radical (unpaired) electrons. The van der Waals surface area contributed by atoms with Crippen molar-refractivity contribution in [3.63, 3.8) is 0 Å². The molecule has 0 saturated carbocycles. The highest BCUT2D eigenvalue weighted by Crippen LogP contribution is 2.25. The topological polar surface area (TPSA) is 97.2 Å². The molecule has 7 nitrogen and oxygen atoms in total. The van der Waals surface area contributed by atoms with E-state index < -0.39 is 5.97 Å². The van der Waals surface area contributed by atoms with Crippen molar-refractivity contribution in [1.29, 1.82) is 0 Å². The standard InChI is InChI=1S/C10H12N4O3S/c1-6-8-9(11-2-3-17-4-7(15)16)12-5-13-10(8)18-14-6/h5H,2-4H2,1H3,(H,15,16)(H,11,12,13). The molecule has 2 N–H and O–H groups in total. The fourth-order valence-corrected chi connectivity index (χ4v) is 2.20. The largest absolute Gasteiger partial charge is 0.480 e. The Morgan fingerprint density at radius 1 is 1.56 bits per heavy atom. The first kappa shape index (κ1) is 12.7. The number of aryl methyl sites for hydroxylation is 1. The summed E-state index contributed by atoms with van der Waals surface area (Å²) in [4.78, 5) is 19.3. The molecule has 2 heterocycles. The number of carbonyl (C=O) groups is 1. The fourth-order valence-electron chi connectivity index (χ4n) is 1.46. The second-order valence-corrected chi connectivity index (χ2v) is 4.30. The number of hydrogen-bond acceptors (Lipinski definition) is 7. The number of aromatic nitrogens is 3. The maximum absolute atomic E-state index is 10.2. The zero-order chi connectivity index (χ0) is 13.0. The Kier molecular flexibility index (Phi) is 4.00. The van der Waals surface area contributed by atoms with E-state index in [4.69, 9.17) is 9.84 Å². The second-order valence-electron chi connectivity index (χ2n) is 3.54. The molecule has 0 unspecified atom stereocenters. The lowest BCUT2D eigenvalue weighted by molar-refractivity contribution is -0.142. The minimum Gasteiger partial charge on any atom is -0.480 e. The maximum atomic E-state index is 10.2. The average molecular weight is 268 g/mol. The van der Waals surface area contributed by atoms with Gasteiger partial charge in [-0.05, 0) is 18.5 Å². The first-order valence-electron chi connectivity index (χ1n) is 5.29. The van der Waals surface area contributed by atoms with Crippen molar-refractivity contribution in [1.82, 2.24) is 14.3 Å². The van der Waals surface area contributed by atoms with E-state index >= 15 is 0 Å². The van der Waals surface area contributed by atoms with Crippen molar-refractivity contribution < 1.29 is 14.6 Å². The van der Waals surface area contributed by atoms with Gasteiger partial charge in [0.1, 0.15) is 23.6 Å². The van der Waals surface area contributed by atoms with Gasteiger partial charge in [0, 0.05) is 6.54 Å². The van der Waals surface area contributed by atoms with E-state index in [1.807, 2.05) is 6.92 Å². The molecule has 0 aliphatic rings.